The van der Waals surface area contributed by atoms with Gasteiger partial charge in [0.1, 0.15) is 0 Å². The molecule has 1 aliphatic heterocycles. The van der Waals surface area contributed by atoms with Crippen LogP contribution in [0.3, 0.4) is 0 Å². The highest BCUT2D eigenvalue weighted by Gasteiger charge is 2.28. The van der Waals surface area contributed by atoms with Gasteiger partial charge in [0.2, 0.25) is 5.91 Å². The Balaban J connectivity index is 1.68. The highest BCUT2D eigenvalue weighted by molar-refractivity contribution is 5.93. The molecular formula is C24H40N2O. The van der Waals surface area contributed by atoms with Gasteiger partial charge < -0.3 is 9.80 Å². The summed E-state index contributed by atoms with van der Waals surface area (Å²) in [6.45, 7) is 7.73. The lowest BCUT2D eigenvalue weighted by Gasteiger charge is -2.38. The number of rotatable bonds is 12. The molecule has 152 valence electrons. The van der Waals surface area contributed by atoms with Gasteiger partial charge in [-0.15, -0.1) is 0 Å². The van der Waals surface area contributed by atoms with Gasteiger partial charge in [0, 0.05) is 31.2 Å². The van der Waals surface area contributed by atoms with E-state index in [1.54, 1.807) is 0 Å². The van der Waals surface area contributed by atoms with Crippen molar-refractivity contribution in [3.63, 3.8) is 0 Å². The Morgan fingerprint density at radius 2 is 1.52 bits per heavy atom. The van der Waals surface area contributed by atoms with E-state index < -0.39 is 0 Å². The van der Waals surface area contributed by atoms with Crippen LogP contribution in [0.4, 0.5) is 5.69 Å². The third kappa shape index (κ3) is 7.65. The maximum Gasteiger partial charge on any atom is 0.226 e. The summed E-state index contributed by atoms with van der Waals surface area (Å²) in [7, 11) is 0. The molecule has 3 nitrogen and oxygen atoms in total. The summed E-state index contributed by atoms with van der Waals surface area (Å²) in [5, 5.41) is 0. The zero-order chi connectivity index (χ0) is 19.3. The lowest BCUT2D eigenvalue weighted by molar-refractivity contribution is -0.119. The molecule has 0 radical (unpaired) electrons. The molecule has 0 aromatic heterocycles. The topological polar surface area (TPSA) is 23.6 Å². The van der Waals surface area contributed by atoms with Gasteiger partial charge in [-0.05, 0) is 37.9 Å². The molecule has 27 heavy (non-hydrogen) atoms. The average Bonchev–Trinajstić information content (AvgIpc) is 2.72. The number of amides is 1. The first-order chi connectivity index (χ1) is 13.3. The molecule has 1 heterocycles. The van der Waals surface area contributed by atoms with Crippen molar-refractivity contribution in [2.45, 2.75) is 90.5 Å². The monoisotopic (exact) mass is 372 g/mol. The Morgan fingerprint density at radius 3 is 2.11 bits per heavy atom. The van der Waals surface area contributed by atoms with E-state index in [0.717, 1.165) is 31.6 Å². The van der Waals surface area contributed by atoms with Gasteiger partial charge in [-0.1, -0.05) is 77.0 Å². The zero-order valence-electron chi connectivity index (χ0n) is 17.7. The van der Waals surface area contributed by atoms with Gasteiger partial charge in [-0.2, -0.15) is 0 Å². The lowest BCUT2D eigenvalue weighted by atomic mass is 10.0. The average molecular weight is 373 g/mol. The number of hydrogen-bond acceptors (Lipinski definition) is 2. The molecule has 1 fully saturated rings. The Bertz CT molecular complexity index is 508. The van der Waals surface area contributed by atoms with Crippen LogP contribution < -0.4 is 4.90 Å². The molecule has 0 aliphatic carbocycles. The number of carbonyl (C=O) groups is 1. The van der Waals surface area contributed by atoms with E-state index in [9.17, 15) is 4.79 Å². The number of likely N-dealkylation sites (tertiary alicyclic amines) is 1. The number of piperidine rings is 1. The predicted molar refractivity (Wildman–Crippen MR) is 116 cm³/mol. The number of hydrogen-bond donors (Lipinski definition) is 0. The third-order valence-electron chi connectivity index (χ3n) is 5.86. The van der Waals surface area contributed by atoms with Crippen LogP contribution in [0, 0.1) is 0 Å². The number of carbonyl (C=O) groups excluding carboxylic acids is 1. The molecule has 0 atom stereocenters. The Labute approximate surface area is 167 Å². The highest BCUT2D eigenvalue weighted by atomic mass is 16.2. The molecule has 1 aliphatic rings. The molecule has 3 heteroatoms. The first-order valence-corrected chi connectivity index (χ1v) is 11.4. The normalized spacial score (nSPS) is 15.8. The fraction of sp³-hybridized carbons (Fsp3) is 0.708. The smallest absolute Gasteiger partial charge is 0.226 e. The fourth-order valence-electron chi connectivity index (χ4n) is 4.19. The van der Waals surface area contributed by atoms with Gasteiger partial charge >= 0.3 is 0 Å². The summed E-state index contributed by atoms with van der Waals surface area (Å²) >= 11 is 0. The van der Waals surface area contributed by atoms with E-state index in [0.29, 0.717) is 12.5 Å². The zero-order valence-corrected chi connectivity index (χ0v) is 17.7. The standard InChI is InChI=1S/C24H40N2O/c1-3-5-6-7-8-9-10-14-19-25-20-17-23(18-21-25)26(24(27)4-2)22-15-12-11-13-16-22/h11-13,15-16,23H,3-10,14,17-21H2,1-2H3. The van der Waals surface area contributed by atoms with Gasteiger partial charge in [0.15, 0.2) is 0 Å². The van der Waals surface area contributed by atoms with Crippen LogP contribution >= 0.6 is 0 Å². The number of para-hydroxylation sites is 1. The second-order valence-electron chi connectivity index (χ2n) is 8.00. The van der Waals surface area contributed by atoms with Crippen molar-refractivity contribution in [2.75, 3.05) is 24.5 Å². The third-order valence-corrected chi connectivity index (χ3v) is 5.86. The van der Waals surface area contributed by atoms with Gasteiger partial charge in [0.25, 0.3) is 0 Å². The minimum absolute atomic E-state index is 0.253. The van der Waals surface area contributed by atoms with Crippen LogP contribution in [-0.4, -0.2) is 36.5 Å². The Hall–Kier alpha value is -1.35. The van der Waals surface area contributed by atoms with E-state index >= 15 is 0 Å². The van der Waals surface area contributed by atoms with Crippen LogP contribution in [0.15, 0.2) is 30.3 Å². The Morgan fingerprint density at radius 1 is 0.926 bits per heavy atom. The summed E-state index contributed by atoms with van der Waals surface area (Å²) in [4.78, 5) is 17.2. The van der Waals surface area contributed by atoms with E-state index in [-0.39, 0.29) is 5.91 Å². The largest absolute Gasteiger partial charge is 0.309 e. The van der Waals surface area contributed by atoms with Crippen molar-refractivity contribution >= 4 is 11.6 Å². The number of benzene rings is 1. The molecule has 1 aromatic rings. The number of unbranched alkanes of at least 4 members (excludes halogenated alkanes) is 7. The molecular weight excluding hydrogens is 332 g/mol. The lowest BCUT2D eigenvalue weighted by Crippen LogP contribution is -2.47. The maximum atomic E-state index is 12.5. The summed E-state index contributed by atoms with van der Waals surface area (Å²) in [5.74, 6) is 0.253. The summed E-state index contributed by atoms with van der Waals surface area (Å²) in [6.07, 6.45) is 13.8. The van der Waals surface area contributed by atoms with E-state index in [1.165, 1.54) is 57.9 Å². The predicted octanol–water partition coefficient (Wildman–Crippen LogP) is 6.03. The molecule has 0 bridgehead atoms. The van der Waals surface area contributed by atoms with Crippen molar-refractivity contribution in [1.29, 1.82) is 0 Å². The van der Waals surface area contributed by atoms with Crippen molar-refractivity contribution in [3.05, 3.63) is 30.3 Å². The quantitative estimate of drug-likeness (QED) is 0.418. The minimum atomic E-state index is 0.253. The molecule has 0 N–H and O–H groups in total. The summed E-state index contributed by atoms with van der Waals surface area (Å²) in [6, 6.07) is 10.6. The first-order valence-electron chi connectivity index (χ1n) is 11.4. The summed E-state index contributed by atoms with van der Waals surface area (Å²) < 4.78 is 0. The molecule has 0 saturated carbocycles. The maximum absolute atomic E-state index is 12.5. The molecule has 0 unspecified atom stereocenters. The van der Waals surface area contributed by atoms with Gasteiger partial charge in [-0.3, -0.25) is 4.79 Å². The SMILES string of the molecule is CCCCCCCCCCN1CCC(N(C(=O)CC)c2ccccc2)CC1. The van der Waals surface area contributed by atoms with E-state index in [1.807, 2.05) is 25.1 Å². The van der Waals surface area contributed by atoms with Crippen molar-refractivity contribution in [2.24, 2.45) is 0 Å². The van der Waals surface area contributed by atoms with Crippen molar-refractivity contribution in [3.8, 4) is 0 Å². The molecule has 0 spiro atoms. The second-order valence-corrected chi connectivity index (χ2v) is 8.00. The first kappa shape index (κ1) is 21.9. The van der Waals surface area contributed by atoms with Crippen molar-refractivity contribution < 1.29 is 4.79 Å². The van der Waals surface area contributed by atoms with Crippen LogP contribution in [0.5, 0.6) is 0 Å². The molecule has 2 rings (SSSR count). The number of nitrogens with zero attached hydrogens (tertiary/aromatic N) is 2. The Kier molecular flexibility index (Phi) is 10.5. The molecule has 1 saturated heterocycles. The van der Waals surface area contributed by atoms with Gasteiger partial charge in [-0.25, -0.2) is 0 Å². The molecule has 1 aromatic carbocycles. The van der Waals surface area contributed by atoms with Gasteiger partial charge in [0.05, 0.1) is 0 Å². The highest BCUT2D eigenvalue weighted by Crippen LogP contribution is 2.24. The van der Waals surface area contributed by atoms with Crippen LogP contribution in [0.2, 0.25) is 0 Å². The number of anilines is 1. The van der Waals surface area contributed by atoms with Crippen LogP contribution in [0.1, 0.15) is 84.5 Å². The van der Waals surface area contributed by atoms with Crippen LogP contribution in [-0.2, 0) is 4.79 Å². The van der Waals surface area contributed by atoms with Crippen LogP contribution in [0.25, 0.3) is 0 Å². The van der Waals surface area contributed by atoms with E-state index in [4.69, 9.17) is 0 Å². The summed E-state index contributed by atoms with van der Waals surface area (Å²) in [5.41, 5.74) is 1.06. The molecule has 1 amide bonds. The fourth-order valence-corrected chi connectivity index (χ4v) is 4.19. The minimum Gasteiger partial charge on any atom is -0.309 e. The van der Waals surface area contributed by atoms with E-state index in [2.05, 4.69) is 28.9 Å². The van der Waals surface area contributed by atoms with Crippen molar-refractivity contribution in [1.82, 2.24) is 4.90 Å². The second kappa shape index (κ2) is 12.9.